The number of benzene rings is 1. The zero-order chi connectivity index (χ0) is 29.8. The van der Waals surface area contributed by atoms with Gasteiger partial charge in [0.05, 0.1) is 17.2 Å². The number of nitrogens with one attached hydrogen (secondary N) is 2. The fourth-order valence-electron chi connectivity index (χ4n) is 4.80. The van der Waals surface area contributed by atoms with E-state index >= 15 is 0 Å². The summed E-state index contributed by atoms with van der Waals surface area (Å²) in [6, 6.07) is 3.61. The molecule has 1 aliphatic carbocycles. The Balaban J connectivity index is 1.84. The third-order valence-corrected chi connectivity index (χ3v) is 7.60. The van der Waals surface area contributed by atoms with Crippen molar-refractivity contribution in [1.29, 1.82) is 0 Å². The lowest BCUT2D eigenvalue weighted by Gasteiger charge is -2.36. The zero-order valence-corrected chi connectivity index (χ0v) is 23.0. The molecule has 2 aromatic rings. The Morgan fingerprint density at radius 3 is 2.52 bits per heavy atom. The molecular weight excluding hydrogens is 563 g/mol. The molecule has 0 spiro atoms. The predicted octanol–water partition coefficient (Wildman–Crippen LogP) is 4.01. The molecule has 0 bridgehead atoms. The monoisotopic (exact) mass is 595 g/mol. The van der Waals surface area contributed by atoms with Gasteiger partial charge in [-0.1, -0.05) is 13.0 Å². The molecule has 2 atom stereocenters. The van der Waals surface area contributed by atoms with Crippen LogP contribution in [0.15, 0.2) is 18.2 Å². The van der Waals surface area contributed by atoms with Gasteiger partial charge in [0.15, 0.2) is 5.69 Å². The van der Waals surface area contributed by atoms with Crippen LogP contribution in [0.25, 0.3) is 11.3 Å². The van der Waals surface area contributed by atoms with Gasteiger partial charge in [0.25, 0.3) is 5.91 Å². The van der Waals surface area contributed by atoms with Crippen LogP contribution in [0.4, 0.5) is 22.0 Å². The van der Waals surface area contributed by atoms with E-state index in [9.17, 15) is 40.6 Å². The topological polar surface area (TPSA) is 129 Å². The van der Waals surface area contributed by atoms with Crippen LogP contribution in [0.3, 0.4) is 0 Å². The molecule has 3 N–H and O–H groups in total. The molecule has 1 amide bonds. The largest absolute Gasteiger partial charge is 0.760 e. The fourth-order valence-corrected chi connectivity index (χ4v) is 5.31. The Morgan fingerprint density at radius 1 is 1.32 bits per heavy atom. The third-order valence-electron chi connectivity index (χ3n) is 7.08. The molecule has 1 aromatic heterocycles. The molecule has 9 nitrogen and oxygen atoms in total. The first kappa shape index (κ1) is 31.9. The number of hydrogen-bond acceptors (Lipinski definition) is 6. The van der Waals surface area contributed by atoms with Gasteiger partial charge < -0.3 is 19.7 Å². The summed E-state index contributed by atoms with van der Waals surface area (Å²) >= 11 is -2.41. The predicted molar refractivity (Wildman–Crippen MR) is 135 cm³/mol. The van der Waals surface area contributed by atoms with Crippen molar-refractivity contribution >= 4 is 17.2 Å². The molecule has 3 rings (SSSR count). The maximum atomic E-state index is 13.3. The Labute approximate surface area is 230 Å². The molecule has 224 valence electrons. The van der Waals surface area contributed by atoms with Crippen LogP contribution in [0.5, 0.6) is 5.75 Å². The highest BCUT2D eigenvalue weighted by molar-refractivity contribution is 7.77. The molecule has 40 heavy (non-hydrogen) atoms. The van der Waals surface area contributed by atoms with Crippen molar-refractivity contribution in [2.24, 2.45) is 5.92 Å². The first-order chi connectivity index (χ1) is 18.6. The fraction of sp³-hybridized carbons (Fsp3) is 0.600. The van der Waals surface area contributed by atoms with E-state index in [-0.39, 0.29) is 60.2 Å². The third kappa shape index (κ3) is 7.98. The van der Waals surface area contributed by atoms with Gasteiger partial charge in [-0.2, -0.15) is 27.1 Å². The number of amides is 1. The number of rotatable bonds is 11. The van der Waals surface area contributed by atoms with E-state index in [0.717, 1.165) is 13.0 Å². The minimum atomic E-state index is -4.46. The van der Waals surface area contributed by atoms with Crippen LogP contribution in [-0.2, 0) is 24.2 Å². The van der Waals surface area contributed by atoms with Crippen molar-refractivity contribution in [3.05, 3.63) is 35.0 Å². The number of hydrogen-bond donors (Lipinski definition) is 3. The van der Waals surface area contributed by atoms with Crippen LogP contribution in [0.1, 0.15) is 61.1 Å². The summed E-state index contributed by atoms with van der Waals surface area (Å²) in [5.74, 6) is -2.66. The Hall–Kier alpha value is -2.62. The summed E-state index contributed by atoms with van der Waals surface area (Å²) in [7, 11) is 0. The van der Waals surface area contributed by atoms with E-state index in [4.69, 9.17) is 0 Å². The first-order valence-corrected chi connectivity index (χ1v) is 13.8. The molecule has 1 aliphatic rings. The Bertz CT molecular complexity index is 1210. The smallest absolute Gasteiger partial charge is 0.391 e. The highest BCUT2D eigenvalue weighted by Crippen LogP contribution is 2.37. The van der Waals surface area contributed by atoms with E-state index in [2.05, 4.69) is 19.9 Å². The number of aryl methyl sites for hydroxylation is 1. The van der Waals surface area contributed by atoms with Gasteiger partial charge in [-0.3, -0.25) is 13.7 Å². The number of nitrogens with zero attached hydrogens (tertiary/aromatic N) is 2. The van der Waals surface area contributed by atoms with Crippen molar-refractivity contribution in [3.63, 3.8) is 0 Å². The molecular formula is C25H32F5N4O5S-. The number of ether oxygens (including phenoxy) is 1. The number of carbonyl (C=O) groups is 1. The van der Waals surface area contributed by atoms with Crippen molar-refractivity contribution in [2.45, 2.75) is 83.9 Å². The molecule has 1 saturated carbocycles. The Kier molecular flexibility index (Phi) is 10.3. The summed E-state index contributed by atoms with van der Waals surface area (Å²) in [4.78, 5) is 13.1. The molecule has 1 unspecified atom stereocenters. The van der Waals surface area contributed by atoms with Gasteiger partial charge in [0.2, 0.25) is 0 Å². The normalized spacial score (nSPS) is 21.3. The summed E-state index contributed by atoms with van der Waals surface area (Å²) in [6.07, 6.45) is -3.61. The number of aliphatic hydroxyl groups is 1. The SMILES string of the molecule is CCn1nc(C(=O)NCC2(O)CCC(NS(=O)[O-])CC2)c(C)c1-c1ccc(C[C@H](C)C(F)(F)F)cc1OC(F)F. The second-order valence-corrected chi connectivity index (χ2v) is 10.7. The molecule has 15 heteroatoms. The maximum Gasteiger partial charge on any atom is 0.391 e. The minimum absolute atomic E-state index is 0.0182. The molecule has 1 heterocycles. The van der Waals surface area contributed by atoms with Gasteiger partial charge >= 0.3 is 12.8 Å². The summed E-state index contributed by atoms with van der Waals surface area (Å²) < 4.78 is 95.8. The first-order valence-electron chi connectivity index (χ1n) is 12.7. The quantitative estimate of drug-likeness (QED) is 0.266. The van der Waals surface area contributed by atoms with Crippen molar-refractivity contribution in [3.8, 4) is 17.0 Å². The number of halogens is 5. The van der Waals surface area contributed by atoms with Crippen LogP contribution >= 0.6 is 0 Å². The number of carbonyl (C=O) groups excluding carboxylic acids is 1. The molecule has 1 aromatic carbocycles. The maximum absolute atomic E-state index is 13.3. The van der Waals surface area contributed by atoms with E-state index in [1.54, 1.807) is 13.8 Å². The van der Waals surface area contributed by atoms with E-state index in [1.165, 1.54) is 16.8 Å². The lowest BCUT2D eigenvalue weighted by molar-refractivity contribution is -0.169. The molecule has 0 aliphatic heterocycles. The van der Waals surface area contributed by atoms with Crippen molar-refractivity contribution in [2.75, 3.05) is 6.54 Å². The molecule has 0 saturated heterocycles. The van der Waals surface area contributed by atoms with Crippen LogP contribution < -0.4 is 14.8 Å². The van der Waals surface area contributed by atoms with Crippen LogP contribution in [0, 0.1) is 12.8 Å². The van der Waals surface area contributed by atoms with Gasteiger partial charge in [-0.05, 0) is 63.6 Å². The van der Waals surface area contributed by atoms with Crippen LogP contribution in [0.2, 0.25) is 0 Å². The highest BCUT2D eigenvalue weighted by atomic mass is 32.2. The minimum Gasteiger partial charge on any atom is -0.760 e. The van der Waals surface area contributed by atoms with Gasteiger partial charge in [-0.15, -0.1) is 0 Å². The van der Waals surface area contributed by atoms with Gasteiger partial charge in [0.1, 0.15) is 5.75 Å². The van der Waals surface area contributed by atoms with E-state index in [0.29, 0.717) is 18.4 Å². The van der Waals surface area contributed by atoms with Gasteiger partial charge in [-0.25, -0.2) is 4.72 Å². The van der Waals surface area contributed by atoms with E-state index in [1.807, 2.05) is 0 Å². The zero-order valence-electron chi connectivity index (χ0n) is 22.2. The summed E-state index contributed by atoms with van der Waals surface area (Å²) in [6.45, 7) is 1.16. The number of aromatic nitrogens is 2. The average molecular weight is 596 g/mol. The van der Waals surface area contributed by atoms with Gasteiger partial charge in [0, 0.05) is 41.5 Å². The molecule has 1 fully saturated rings. The highest BCUT2D eigenvalue weighted by Gasteiger charge is 2.36. The number of alkyl halides is 5. The lowest BCUT2D eigenvalue weighted by Crippen LogP contribution is -2.48. The lowest BCUT2D eigenvalue weighted by atomic mass is 9.82. The summed E-state index contributed by atoms with van der Waals surface area (Å²) in [5.41, 5.74) is -0.362. The second-order valence-electron chi connectivity index (χ2n) is 10.0. The van der Waals surface area contributed by atoms with Crippen LogP contribution in [-0.4, -0.2) is 60.5 Å². The van der Waals surface area contributed by atoms with E-state index < -0.39 is 47.9 Å². The average Bonchev–Trinajstić information content (AvgIpc) is 3.19. The standard InChI is InChI=1S/C25H33F5N4O5S/c1-4-34-21(18-6-5-16(11-14(2)25(28,29)30)12-19(18)39-23(26)27)15(3)20(32-34)22(35)31-13-24(36)9-7-17(8-10-24)33-40(37)38/h5-6,12,14,17,23,33,36H,4,7-11,13H2,1-3H3,(H,31,35)(H,37,38)/p-1/t14-,17?,24?/m0/s1. The second kappa shape index (κ2) is 12.9. The Morgan fingerprint density at radius 2 is 1.98 bits per heavy atom. The van der Waals surface area contributed by atoms with Crippen molar-refractivity contribution in [1.82, 2.24) is 19.8 Å². The van der Waals surface area contributed by atoms with Crippen molar-refractivity contribution < 1.29 is 45.4 Å². The summed E-state index contributed by atoms with van der Waals surface area (Å²) in [5, 5.41) is 17.8. The molecule has 0 radical (unpaired) electrons.